The van der Waals surface area contributed by atoms with Gasteiger partial charge in [0.2, 0.25) is 17.9 Å². The van der Waals surface area contributed by atoms with Crippen molar-refractivity contribution in [1.82, 2.24) is 10.5 Å². The zero-order valence-corrected chi connectivity index (χ0v) is 87.4. The molecule has 23 nitrogen and oxygen atoms in total. The highest BCUT2D eigenvalue weighted by molar-refractivity contribution is 9.11. The fraction of sp³-hybridized carbons (Fsp3) is 0.385. The van der Waals surface area contributed by atoms with E-state index in [1.54, 1.807) is 23.5 Å². The van der Waals surface area contributed by atoms with Gasteiger partial charge in [0.25, 0.3) is 14.7 Å². The van der Waals surface area contributed by atoms with Crippen molar-refractivity contribution in [1.29, 1.82) is 5.26 Å². The minimum atomic E-state index is -1.31. The van der Waals surface area contributed by atoms with E-state index in [1.807, 2.05) is 116 Å². The third-order valence-electron chi connectivity index (χ3n) is 24.2. The number of benzene rings is 8. The van der Waals surface area contributed by atoms with Gasteiger partial charge in [-0.2, -0.15) is 10.3 Å². The second-order valence-electron chi connectivity index (χ2n) is 35.3. The highest BCUT2D eigenvalue weighted by atomic mass is 79.9. The number of Topliss-reactive ketones (excluding diaryl/α,β-unsaturated/α-hetero) is 3. The van der Waals surface area contributed by atoms with Crippen LogP contribution in [0.15, 0.2) is 192 Å². The molecule has 5 spiro atoms. The Balaban J connectivity index is 0.000000219. The van der Waals surface area contributed by atoms with E-state index >= 15 is 0 Å². The van der Waals surface area contributed by atoms with Crippen molar-refractivity contribution >= 4 is 159 Å². The van der Waals surface area contributed by atoms with Crippen LogP contribution >= 0.6 is 76.1 Å². The minimum Gasteiger partial charge on any atom is -0.461 e. The molecule has 2 radical (unpaired) electrons. The Bertz CT molecular complexity index is 5990. The SMILES string of the molecule is BrCCOCCBr.C#CC#CC#CC.CNO.C[Si](C)(C)N=C=N[Si](C)(C)C.Cl.O=C1CCc2ccc(Br)cc21.O=C1c2cc(Br)ccc2CC12CCOCC2.O[B][B]O.[C-]#[N+]c1cccc(-c2ccc3c(c2)C(=NC#N)C2(CCOCC2)C3)c1.[C-]#[N+]c1cccc(-c2ccc3c(c2)C(=O)C2(CCOCC2)C3)c1.[C-]#[N+]c1cccc(-c2ccc3c(c2)C2(N=C(N)N(C)O2)C2(CCOCC2)C3)c1.[HH]. The summed E-state index contributed by atoms with van der Waals surface area (Å²) in [7, 11) is 1.72. The molecular weight excluding hydrogens is 2030 g/mol. The number of nitriles is 1. The lowest BCUT2D eigenvalue weighted by Crippen LogP contribution is -2.46. The summed E-state index contributed by atoms with van der Waals surface area (Å²) in [5.74, 6) is 13.3. The first-order chi connectivity index (χ1) is 64.9. The van der Waals surface area contributed by atoms with E-state index in [1.165, 1.54) is 29.3 Å². The van der Waals surface area contributed by atoms with Crippen LogP contribution < -0.4 is 11.2 Å². The molecule has 5 aliphatic heterocycles. The van der Waals surface area contributed by atoms with Gasteiger partial charge in [0.05, 0.1) is 44.7 Å². The average molecular weight is 2150 g/mol. The van der Waals surface area contributed by atoms with Crippen molar-refractivity contribution in [3.8, 4) is 75.6 Å². The number of guanidine groups is 1. The molecule has 708 valence electrons. The molecule has 32 heteroatoms. The molecule has 136 heavy (non-hydrogen) atoms. The molecule has 0 bridgehead atoms. The molecule has 8 aromatic carbocycles. The highest BCUT2D eigenvalue weighted by Gasteiger charge is 2.63. The lowest BCUT2D eigenvalue weighted by Gasteiger charge is -2.43. The molecule has 8 aromatic rings. The summed E-state index contributed by atoms with van der Waals surface area (Å²) in [6, 6.07) is 56.6. The summed E-state index contributed by atoms with van der Waals surface area (Å²) in [5, 5.41) is 34.9. The number of terminal acetylenes is 1. The number of hydrogen-bond donors (Lipinski definition) is 5. The Morgan fingerprint density at radius 1 is 0.559 bits per heavy atom. The van der Waals surface area contributed by atoms with Crippen molar-refractivity contribution < 1.29 is 59.6 Å². The van der Waals surface area contributed by atoms with Crippen molar-refractivity contribution in [2.75, 3.05) is 90.8 Å². The van der Waals surface area contributed by atoms with E-state index in [4.69, 9.17) is 80.6 Å². The number of nitrogens with two attached hydrogens (primary N) is 1. The molecule has 1 unspecified atom stereocenters. The number of aryl methyl sites for hydroxylation is 1. The predicted octanol–water partition coefficient (Wildman–Crippen LogP) is 21.8. The number of ether oxygens (including phenoxy) is 5. The van der Waals surface area contributed by atoms with Crippen molar-refractivity contribution in [2.45, 2.75) is 142 Å². The maximum absolute atomic E-state index is 13.0. The fourth-order valence-electron chi connectivity index (χ4n) is 17.5. The van der Waals surface area contributed by atoms with Crippen LogP contribution in [0.2, 0.25) is 39.3 Å². The molecular formula is C104H116B2Br4ClN11O12Si2. The van der Waals surface area contributed by atoms with Gasteiger partial charge in [-0.05, 0) is 275 Å². The van der Waals surface area contributed by atoms with Crippen LogP contribution in [0, 0.1) is 88.9 Å². The van der Waals surface area contributed by atoms with Gasteiger partial charge in [0, 0.05) is 144 Å². The summed E-state index contributed by atoms with van der Waals surface area (Å²) in [6.45, 7) is 43.7. The van der Waals surface area contributed by atoms with Gasteiger partial charge < -0.3 is 44.7 Å². The number of nitrogens with one attached hydrogen (secondary N) is 1. The van der Waals surface area contributed by atoms with Crippen LogP contribution in [0.25, 0.3) is 47.9 Å². The largest absolute Gasteiger partial charge is 0.461 e. The van der Waals surface area contributed by atoms with E-state index in [0.717, 1.165) is 215 Å². The monoisotopic (exact) mass is 2140 g/mol. The smallest absolute Gasteiger partial charge is 0.277 e. The molecule has 6 N–H and O–H groups in total. The minimum absolute atomic E-state index is 0. The second kappa shape index (κ2) is 53.9. The van der Waals surface area contributed by atoms with Crippen molar-refractivity contribution in [3.05, 3.63) is 263 Å². The van der Waals surface area contributed by atoms with E-state index in [-0.39, 0.29) is 47.1 Å². The number of hydrogen-bond acceptors (Lipinski definition) is 20. The summed E-state index contributed by atoms with van der Waals surface area (Å²) < 4.78 is 37.6. The Kier molecular flexibility index (Phi) is 44.1. The van der Waals surface area contributed by atoms with Crippen LogP contribution in [0.4, 0.5) is 17.1 Å². The van der Waals surface area contributed by atoms with Crippen LogP contribution in [0.1, 0.15) is 136 Å². The molecule has 0 amide bonds. The van der Waals surface area contributed by atoms with Gasteiger partial charge in [0.15, 0.2) is 50.9 Å². The van der Waals surface area contributed by atoms with E-state index in [9.17, 15) is 19.6 Å². The summed E-state index contributed by atoms with van der Waals surface area (Å²) in [5.41, 5.74) is 26.3. The second-order valence-corrected chi connectivity index (χ2v) is 47.8. The van der Waals surface area contributed by atoms with Gasteiger partial charge in [-0.25, -0.2) is 34.9 Å². The van der Waals surface area contributed by atoms with Gasteiger partial charge in [0.1, 0.15) is 0 Å². The normalized spacial score (nSPS) is 17.7. The molecule has 18 rings (SSSR count). The number of carbonyl (C=O) groups is 3. The molecule has 4 saturated heterocycles. The van der Waals surface area contributed by atoms with E-state index in [2.05, 4.69) is 222 Å². The molecule has 10 aliphatic rings. The van der Waals surface area contributed by atoms with Crippen molar-refractivity contribution in [3.63, 3.8) is 0 Å². The quantitative estimate of drug-likeness (QED) is 0.0124. The standard InChI is InChI=1S/C22H22N4O2.C21H17N3O.C20H17NO2.C13H13BrO2.C9H7BrO.C7H18N2Si2.C7H4.C4H8Br2O.CH5NO.B2H2O2.ClH.H2/c1-24-18-5-3-4-15(12-18)16-6-7-17-14-21(8-10-27-11-9-21)22(19(17)13-16)25-20(23)26(2)28-22;1-23-18-4-2-3-15(11-18)16-5-6-17-13-21(7-9-25-10-8-21)20(24-14-22)19(17)12-16;1-21-17-4-2-3-14(11-17)15-5-6-16-13-20(7-9-23-10-8-20)19(22)18(16)12-15;14-10-2-1-9-8-13(3-5-16-6-4-13)12(15)11(9)7-10;10-7-3-1-6-2-4-9(11)8(6)5-7;1-10(2,3)8-7-9-11(4,5)6;1-3-5-7-6-4-2;5-1-3-7-4-2-6;1-2-3;3-1-2-4;;/h3-7,12-13H,8-11,14H2,2H3,(H2,23,25);2-6,11-12H,7-10,13H2;2-6,11-12H,7-10,13H2;1-2,7H,3-6,8H2;1,3,5H,2,4H2;1-6H3;1H,2H3;1-4H2;2-3H,1H3;3-4H;2*1H. The van der Waals surface area contributed by atoms with E-state index < -0.39 is 22.2 Å². The molecule has 4 fully saturated rings. The number of halogens is 5. The number of alkyl halides is 2. The highest BCUT2D eigenvalue weighted by Crippen LogP contribution is 2.61. The van der Waals surface area contributed by atoms with Crippen LogP contribution in [0.5, 0.6) is 0 Å². The molecule has 0 aromatic heterocycles. The zero-order valence-electron chi connectivity index (χ0n) is 78.2. The summed E-state index contributed by atoms with van der Waals surface area (Å²) in [4.78, 5) is 62.7. The van der Waals surface area contributed by atoms with Crippen LogP contribution in [-0.2, 0) is 66.4 Å². The maximum atomic E-state index is 13.0. The number of ketones is 3. The van der Waals surface area contributed by atoms with Crippen molar-refractivity contribution in [2.24, 2.45) is 46.7 Å². The van der Waals surface area contributed by atoms with Gasteiger partial charge in [-0.15, -0.1) is 18.8 Å². The molecule has 5 heterocycles. The Labute approximate surface area is 845 Å². The Hall–Kier alpha value is -9.90. The van der Waals surface area contributed by atoms with Gasteiger partial charge in [-0.3, -0.25) is 23.7 Å². The number of hydroxylamine groups is 3. The van der Waals surface area contributed by atoms with Gasteiger partial charge >= 0.3 is 0 Å². The first kappa shape index (κ1) is 111. The molecule has 0 saturated carbocycles. The topological polar surface area (TPSA) is 295 Å². The number of carbonyl (C=O) groups excluding carboxylic acids is 3. The first-order valence-electron chi connectivity index (χ1n) is 44.5. The average Bonchev–Trinajstić information content (AvgIpc) is 1.53. The summed E-state index contributed by atoms with van der Waals surface area (Å²) in [6.07, 6.45) is 18.9. The molecule has 5 aliphatic carbocycles. The first-order valence-corrected chi connectivity index (χ1v) is 55.2. The predicted molar refractivity (Wildman–Crippen MR) is 564 cm³/mol. The van der Waals surface area contributed by atoms with E-state index in [0.29, 0.717) is 76.4 Å². The number of rotatable bonds is 10. The number of aliphatic imine (C=N–C) groups is 2. The maximum Gasteiger partial charge on any atom is 0.277 e. The zero-order chi connectivity index (χ0) is 97.8. The van der Waals surface area contributed by atoms with Gasteiger partial charge in [-0.1, -0.05) is 173 Å². The van der Waals surface area contributed by atoms with Crippen LogP contribution in [-0.4, -0.2) is 177 Å². The molecule has 1 atom stereocenters. The number of fused-ring (bicyclic) bond motifs is 7. The third-order valence-corrected chi connectivity index (χ3v) is 27.3. The Morgan fingerprint density at radius 2 is 0.956 bits per heavy atom. The Morgan fingerprint density at radius 3 is 1.38 bits per heavy atom. The lowest BCUT2D eigenvalue weighted by atomic mass is 9.65. The summed E-state index contributed by atoms with van der Waals surface area (Å²) >= 11 is 13.2. The number of nitrogens with zero attached hydrogens (tertiary/aromatic N) is 9. The van der Waals surface area contributed by atoms with Crippen LogP contribution in [0.3, 0.4) is 0 Å². The lowest BCUT2D eigenvalue weighted by molar-refractivity contribution is -0.236. The third kappa shape index (κ3) is 29.8. The fourth-order valence-corrected chi connectivity index (χ4v) is 19.5.